The molecular weight excluding hydrogens is 462 g/mol. The van der Waals surface area contributed by atoms with Crippen molar-refractivity contribution in [2.45, 2.75) is 12.6 Å². The van der Waals surface area contributed by atoms with Gasteiger partial charge < -0.3 is 10.1 Å². The van der Waals surface area contributed by atoms with Crippen molar-refractivity contribution in [1.29, 1.82) is 0 Å². The highest BCUT2D eigenvalue weighted by atomic mass is 32.2. The van der Waals surface area contributed by atoms with Gasteiger partial charge in [0.1, 0.15) is 0 Å². The first-order valence-electron chi connectivity index (χ1n) is 11.5. The molecule has 8 heteroatoms. The maximum absolute atomic E-state index is 12.6. The zero-order valence-corrected chi connectivity index (χ0v) is 20.2. The van der Waals surface area contributed by atoms with E-state index < -0.39 is 10.0 Å². The first kappa shape index (κ1) is 24.7. The molecule has 2 N–H and O–H groups in total. The largest absolute Gasteiger partial charge is 0.374 e. The monoisotopic (exact) mass is 491 g/mol. The lowest BCUT2D eigenvalue weighted by atomic mass is 10.1. The van der Waals surface area contributed by atoms with Crippen LogP contribution in [0.15, 0.2) is 90.3 Å². The van der Waals surface area contributed by atoms with E-state index in [1.165, 1.54) is 11.6 Å². The fourth-order valence-corrected chi connectivity index (χ4v) is 4.69. The highest BCUT2D eigenvalue weighted by molar-refractivity contribution is 7.95. The Balaban J connectivity index is 1.26. The Hall–Kier alpha value is -3.46. The molecule has 0 saturated carbocycles. The molecule has 0 bridgehead atoms. The first-order valence-corrected chi connectivity index (χ1v) is 13.0. The van der Waals surface area contributed by atoms with E-state index in [0.29, 0.717) is 24.4 Å². The molecule has 0 aliphatic carbocycles. The van der Waals surface area contributed by atoms with Crippen LogP contribution >= 0.6 is 0 Å². The lowest BCUT2D eigenvalue weighted by molar-refractivity contribution is -0.0292. The summed E-state index contributed by atoms with van der Waals surface area (Å²) in [5, 5.41) is 4.04. The van der Waals surface area contributed by atoms with Crippen LogP contribution in [0.4, 0.5) is 5.69 Å². The van der Waals surface area contributed by atoms with Crippen LogP contribution in [0.1, 0.15) is 21.5 Å². The Morgan fingerprint density at radius 2 is 1.66 bits per heavy atom. The summed E-state index contributed by atoms with van der Waals surface area (Å²) in [5.74, 6) is -0.229. The average molecular weight is 492 g/mol. The molecule has 1 aliphatic heterocycles. The third kappa shape index (κ3) is 7.78. The minimum atomic E-state index is -3.67. The van der Waals surface area contributed by atoms with Crippen molar-refractivity contribution in [3.8, 4) is 0 Å². The number of rotatable bonds is 9. The highest BCUT2D eigenvalue weighted by Gasteiger charge is 2.21. The molecule has 1 aliphatic rings. The Kier molecular flexibility index (Phi) is 8.31. The van der Waals surface area contributed by atoms with Crippen molar-refractivity contribution in [2.75, 3.05) is 31.0 Å². The van der Waals surface area contributed by atoms with Crippen molar-refractivity contribution < 1.29 is 17.9 Å². The summed E-state index contributed by atoms with van der Waals surface area (Å²) in [4.78, 5) is 14.9. The molecule has 0 spiro atoms. The van der Waals surface area contributed by atoms with Crippen LogP contribution in [0.25, 0.3) is 6.08 Å². The Labute approximate surface area is 206 Å². The number of carbonyl (C=O) groups excluding carboxylic acids is 1. The third-order valence-corrected chi connectivity index (χ3v) is 6.62. The molecule has 182 valence electrons. The van der Waals surface area contributed by atoms with E-state index >= 15 is 0 Å². The summed E-state index contributed by atoms with van der Waals surface area (Å²) >= 11 is 0. The molecule has 7 nitrogen and oxygen atoms in total. The van der Waals surface area contributed by atoms with Gasteiger partial charge in [0, 0.05) is 37.4 Å². The molecule has 0 aromatic heterocycles. The van der Waals surface area contributed by atoms with Gasteiger partial charge in [0.05, 0.1) is 18.1 Å². The first-order chi connectivity index (χ1) is 17.0. The van der Waals surface area contributed by atoms with Gasteiger partial charge in [-0.05, 0) is 41.5 Å². The summed E-state index contributed by atoms with van der Waals surface area (Å²) < 4.78 is 32.9. The molecule has 35 heavy (non-hydrogen) atoms. The summed E-state index contributed by atoms with van der Waals surface area (Å²) in [6, 6.07) is 25.8. The number of morpholine rings is 1. The minimum absolute atomic E-state index is 0.0844. The Bertz CT molecular complexity index is 1230. The lowest BCUT2D eigenvalue weighted by Crippen LogP contribution is -2.47. The summed E-state index contributed by atoms with van der Waals surface area (Å²) in [6.45, 7) is 3.49. The average Bonchev–Trinajstić information content (AvgIpc) is 2.88. The SMILES string of the molecule is O=C(NCC1CN(Cc2ccccc2)CCO1)c1ccc(NS(=O)(=O)/C=C/c2ccccc2)cc1. The van der Waals surface area contributed by atoms with E-state index in [2.05, 4.69) is 27.1 Å². The molecule has 4 rings (SSSR count). The van der Waals surface area contributed by atoms with E-state index in [9.17, 15) is 13.2 Å². The zero-order chi connectivity index (χ0) is 24.5. The van der Waals surface area contributed by atoms with E-state index in [0.717, 1.165) is 30.6 Å². The Morgan fingerprint density at radius 1 is 0.971 bits per heavy atom. The number of nitrogens with one attached hydrogen (secondary N) is 2. The molecule has 3 aromatic carbocycles. The fraction of sp³-hybridized carbons (Fsp3) is 0.222. The van der Waals surface area contributed by atoms with Crippen molar-refractivity contribution in [1.82, 2.24) is 10.2 Å². The van der Waals surface area contributed by atoms with Crippen LogP contribution in [0, 0.1) is 0 Å². The normalized spacial score (nSPS) is 16.7. The standard InChI is InChI=1S/C27H29N3O4S/c31-27(28-19-26-21-30(16-17-34-26)20-23-9-5-2-6-10-23)24-11-13-25(14-12-24)29-35(32,33)18-15-22-7-3-1-4-8-22/h1-15,18,26,29H,16-17,19-21H2,(H,28,31)/b18-15+. The van der Waals surface area contributed by atoms with Gasteiger partial charge in [-0.15, -0.1) is 0 Å². The molecule has 1 amide bonds. The number of amides is 1. The third-order valence-electron chi connectivity index (χ3n) is 5.61. The number of anilines is 1. The fourth-order valence-electron chi connectivity index (χ4n) is 3.82. The molecule has 1 unspecified atom stereocenters. The van der Waals surface area contributed by atoms with Gasteiger partial charge in [-0.3, -0.25) is 14.4 Å². The van der Waals surface area contributed by atoms with Gasteiger partial charge >= 0.3 is 0 Å². The molecule has 1 atom stereocenters. The Morgan fingerprint density at radius 3 is 2.37 bits per heavy atom. The van der Waals surface area contributed by atoms with Gasteiger partial charge in [0.15, 0.2) is 0 Å². The number of sulfonamides is 1. The minimum Gasteiger partial charge on any atom is -0.374 e. The van der Waals surface area contributed by atoms with Gasteiger partial charge in [0.2, 0.25) is 0 Å². The maximum atomic E-state index is 12.6. The molecular formula is C27H29N3O4S. The van der Waals surface area contributed by atoms with Crippen LogP contribution < -0.4 is 10.0 Å². The van der Waals surface area contributed by atoms with E-state index in [-0.39, 0.29) is 12.0 Å². The van der Waals surface area contributed by atoms with Crippen molar-refractivity contribution in [3.05, 3.63) is 107 Å². The second-order valence-electron chi connectivity index (χ2n) is 8.36. The quantitative estimate of drug-likeness (QED) is 0.476. The summed E-state index contributed by atoms with van der Waals surface area (Å²) in [7, 11) is -3.67. The topological polar surface area (TPSA) is 87.7 Å². The zero-order valence-electron chi connectivity index (χ0n) is 19.3. The predicted octanol–water partition coefficient (Wildman–Crippen LogP) is 3.73. The predicted molar refractivity (Wildman–Crippen MR) is 138 cm³/mol. The molecule has 1 heterocycles. The van der Waals surface area contributed by atoms with Crippen molar-refractivity contribution in [2.24, 2.45) is 0 Å². The maximum Gasteiger partial charge on any atom is 0.255 e. The van der Waals surface area contributed by atoms with Crippen molar-refractivity contribution >= 4 is 27.7 Å². The van der Waals surface area contributed by atoms with E-state index in [4.69, 9.17) is 4.74 Å². The van der Waals surface area contributed by atoms with Gasteiger partial charge in [-0.1, -0.05) is 60.7 Å². The highest BCUT2D eigenvalue weighted by Crippen LogP contribution is 2.14. The van der Waals surface area contributed by atoms with Crippen LogP contribution in [0.5, 0.6) is 0 Å². The van der Waals surface area contributed by atoms with E-state index in [1.54, 1.807) is 24.3 Å². The second kappa shape index (κ2) is 11.8. The summed E-state index contributed by atoms with van der Waals surface area (Å²) in [6.07, 6.45) is 1.44. The number of nitrogens with zero attached hydrogens (tertiary/aromatic N) is 1. The molecule has 1 fully saturated rings. The number of hydrogen-bond acceptors (Lipinski definition) is 5. The summed E-state index contributed by atoms with van der Waals surface area (Å²) in [5.41, 5.74) is 2.87. The van der Waals surface area contributed by atoms with Crippen molar-refractivity contribution in [3.63, 3.8) is 0 Å². The van der Waals surface area contributed by atoms with Crippen LogP contribution in [-0.4, -0.2) is 51.6 Å². The van der Waals surface area contributed by atoms with E-state index in [1.807, 2.05) is 48.5 Å². The number of benzene rings is 3. The number of hydrogen-bond donors (Lipinski definition) is 2. The van der Waals surface area contributed by atoms with Crippen LogP contribution in [-0.2, 0) is 21.3 Å². The second-order valence-corrected chi connectivity index (χ2v) is 9.93. The van der Waals surface area contributed by atoms with Gasteiger partial charge in [0.25, 0.3) is 15.9 Å². The van der Waals surface area contributed by atoms with Crippen LogP contribution in [0.2, 0.25) is 0 Å². The number of carbonyl (C=O) groups is 1. The molecule has 0 radical (unpaired) electrons. The number of ether oxygens (including phenoxy) is 1. The lowest BCUT2D eigenvalue weighted by Gasteiger charge is -2.33. The molecule has 3 aromatic rings. The van der Waals surface area contributed by atoms with Gasteiger partial charge in [-0.2, -0.15) is 0 Å². The smallest absolute Gasteiger partial charge is 0.255 e. The van der Waals surface area contributed by atoms with Crippen LogP contribution in [0.3, 0.4) is 0 Å². The molecule has 1 saturated heterocycles. The van der Waals surface area contributed by atoms with Gasteiger partial charge in [-0.25, -0.2) is 8.42 Å².